The first-order chi connectivity index (χ1) is 10.2. The van der Waals surface area contributed by atoms with E-state index in [2.05, 4.69) is 34.6 Å². The fourth-order valence-electron chi connectivity index (χ4n) is 2.56. The van der Waals surface area contributed by atoms with Gasteiger partial charge in [0.05, 0.1) is 12.1 Å². The maximum Gasteiger partial charge on any atom is 0.0652 e. The number of aromatic amines is 1. The monoisotopic (exact) mass is 280 g/mol. The molecule has 0 bridgehead atoms. The van der Waals surface area contributed by atoms with Crippen molar-refractivity contribution in [3.63, 3.8) is 0 Å². The Bertz CT molecular complexity index is 720. The first kappa shape index (κ1) is 13.9. The largest absolute Gasteiger partial charge is 0.394 e. The van der Waals surface area contributed by atoms with E-state index in [-0.39, 0.29) is 6.61 Å². The number of hydrogen-bond acceptors (Lipinski definition) is 2. The van der Waals surface area contributed by atoms with Gasteiger partial charge in [-0.1, -0.05) is 42.5 Å². The highest BCUT2D eigenvalue weighted by molar-refractivity contribution is 5.79. The van der Waals surface area contributed by atoms with Crippen LogP contribution >= 0.6 is 0 Å². The van der Waals surface area contributed by atoms with E-state index in [9.17, 15) is 5.11 Å². The minimum Gasteiger partial charge on any atom is -0.394 e. The number of aromatic nitrogens is 1. The van der Waals surface area contributed by atoms with Crippen LogP contribution in [0.25, 0.3) is 10.9 Å². The van der Waals surface area contributed by atoms with E-state index in [0.29, 0.717) is 6.54 Å². The van der Waals surface area contributed by atoms with Crippen molar-refractivity contribution in [2.45, 2.75) is 19.0 Å². The van der Waals surface area contributed by atoms with Gasteiger partial charge in [-0.15, -0.1) is 0 Å². The minimum atomic E-state index is -0.439. The van der Waals surface area contributed by atoms with Gasteiger partial charge in [-0.2, -0.15) is 0 Å². The summed E-state index contributed by atoms with van der Waals surface area (Å²) >= 11 is 0. The minimum absolute atomic E-state index is 0.0573. The normalized spacial score (nSPS) is 14.2. The molecular weight excluding hydrogens is 260 g/mol. The van der Waals surface area contributed by atoms with Crippen LogP contribution in [0.5, 0.6) is 0 Å². The van der Waals surface area contributed by atoms with Gasteiger partial charge in [-0.25, -0.2) is 0 Å². The Morgan fingerprint density at radius 1 is 1.10 bits per heavy atom. The van der Waals surface area contributed by atoms with E-state index in [0.717, 1.165) is 11.1 Å². The number of benzene rings is 2. The van der Waals surface area contributed by atoms with Crippen molar-refractivity contribution >= 4 is 10.9 Å². The maximum atomic E-state index is 9.79. The SMILES string of the molecule is CC(CO)(NCc1ccc2cc[nH]c2c1)c1ccccc1. The highest BCUT2D eigenvalue weighted by Gasteiger charge is 2.24. The average molecular weight is 280 g/mol. The molecule has 1 atom stereocenters. The molecule has 3 N–H and O–H groups in total. The lowest BCUT2D eigenvalue weighted by Gasteiger charge is -2.29. The topological polar surface area (TPSA) is 48.0 Å². The molecule has 21 heavy (non-hydrogen) atoms. The maximum absolute atomic E-state index is 9.79. The van der Waals surface area contributed by atoms with Gasteiger partial charge in [0.1, 0.15) is 0 Å². The Morgan fingerprint density at radius 2 is 1.90 bits per heavy atom. The second-order valence-electron chi connectivity index (χ2n) is 5.61. The number of aliphatic hydroxyl groups excluding tert-OH is 1. The molecule has 1 heterocycles. The molecule has 0 saturated carbocycles. The highest BCUT2D eigenvalue weighted by Crippen LogP contribution is 2.21. The van der Waals surface area contributed by atoms with E-state index in [4.69, 9.17) is 0 Å². The van der Waals surface area contributed by atoms with Crippen molar-refractivity contribution in [1.29, 1.82) is 0 Å². The zero-order valence-electron chi connectivity index (χ0n) is 12.1. The van der Waals surface area contributed by atoms with Crippen molar-refractivity contribution in [1.82, 2.24) is 10.3 Å². The Kier molecular flexibility index (Phi) is 3.78. The third-order valence-electron chi connectivity index (χ3n) is 4.03. The summed E-state index contributed by atoms with van der Waals surface area (Å²) in [4.78, 5) is 3.23. The lowest BCUT2D eigenvalue weighted by Crippen LogP contribution is -2.42. The molecule has 0 aliphatic rings. The first-order valence-electron chi connectivity index (χ1n) is 7.19. The quantitative estimate of drug-likeness (QED) is 0.672. The number of hydrogen-bond donors (Lipinski definition) is 3. The van der Waals surface area contributed by atoms with Crippen LogP contribution in [0.4, 0.5) is 0 Å². The van der Waals surface area contributed by atoms with Crippen LogP contribution in [-0.4, -0.2) is 16.7 Å². The molecule has 0 spiro atoms. The predicted octanol–water partition coefficient (Wildman–Crippen LogP) is 3.17. The second-order valence-corrected chi connectivity index (χ2v) is 5.61. The zero-order chi connectivity index (χ0) is 14.7. The van der Waals surface area contributed by atoms with Crippen LogP contribution in [-0.2, 0) is 12.1 Å². The van der Waals surface area contributed by atoms with Gasteiger partial charge in [-0.05, 0) is 35.6 Å². The van der Waals surface area contributed by atoms with Gasteiger partial charge in [0.2, 0.25) is 0 Å². The highest BCUT2D eigenvalue weighted by atomic mass is 16.3. The first-order valence-corrected chi connectivity index (χ1v) is 7.19. The van der Waals surface area contributed by atoms with Crippen LogP contribution in [0.1, 0.15) is 18.1 Å². The summed E-state index contributed by atoms with van der Waals surface area (Å²) in [6.07, 6.45) is 1.95. The molecule has 0 radical (unpaired) electrons. The van der Waals surface area contributed by atoms with Gasteiger partial charge < -0.3 is 15.4 Å². The van der Waals surface area contributed by atoms with Crippen molar-refractivity contribution in [3.05, 3.63) is 71.9 Å². The Balaban J connectivity index is 1.78. The number of aliphatic hydroxyl groups is 1. The predicted molar refractivity (Wildman–Crippen MR) is 86.0 cm³/mol. The van der Waals surface area contributed by atoms with Crippen molar-refractivity contribution in [2.24, 2.45) is 0 Å². The van der Waals surface area contributed by atoms with Crippen LogP contribution in [0.2, 0.25) is 0 Å². The molecule has 3 heteroatoms. The summed E-state index contributed by atoms with van der Waals surface area (Å²) in [6, 6.07) is 18.5. The second kappa shape index (κ2) is 5.72. The molecule has 0 fully saturated rings. The summed E-state index contributed by atoms with van der Waals surface area (Å²) in [7, 11) is 0. The van der Waals surface area contributed by atoms with E-state index < -0.39 is 5.54 Å². The lowest BCUT2D eigenvalue weighted by atomic mass is 9.92. The molecule has 1 unspecified atom stereocenters. The van der Waals surface area contributed by atoms with Crippen molar-refractivity contribution in [3.8, 4) is 0 Å². The zero-order valence-corrected chi connectivity index (χ0v) is 12.1. The molecule has 0 aliphatic heterocycles. The van der Waals surface area contributed by atoms with Gasteiger partial charge >= 0.3 is 0 Å². The Hall–Kier alpha value is -2.10. The summed E-state index contributed by atoms with van der Waals surface area (Å²) < 4.78 is 0. The molecule has 0 saturated heterocycles. The number of nitrogens with one attached hydrogen (secondary N) is 2. The van der Waals surface area contributed by atoms with E-state index >= 15 is 0 Å². The average Bonchev–Trinajstić information content (AvgIpc) is 3.01. The smallest absolute Gasteiger partial charge is 0.0652 e. The van der Waals surface area contributed by atoms with Gasteiger partial charge in [0, 0.05) is 18.3 Å². The summed E-state index contributed by atoms with van der Waals surface area (Å²) in [5.41, 5.74) is 2.99. The molecule has 0 aliphatic carbocycles. The molecule has 3 rings (SSSR count). The summed E-state index contributed by atoms with van der Waals surface area (Å²) in [5.74, 6) is 0. The van der Waals surface area contributed by atoms with E-state index in [1.165, 1.54) is 10.9 Å². The van der Waals surface area contributed by atoms with Crippen molar-refractivity contribution in [2.75, 3.05) is 6.61 Å². The fourth-order valence-corrected chi connectivity index (χ4v) is 2.56. The summed E-state index contributed by atoms with van der Waals surface area (Å²) in [6.45, 7) is 2.79. The third-order valence-corrected chi connectivity index (χ3v) is 4.03. The number of fused-ring (bicyclic) bond motifs is 1. The van der Waals surface area contributed by atoms with E-state index in [1.807, 2.05) is 43.5 Å². The molecular formula is C18H20N2O. The van der Waals surface area contributed by atoms with Gasteiger partial charge in [0.25, 0.3) is 0 Å². The van der Waals surface area contributed by atoms with Gasteiger partial charge in [0.15, 0.2) is 0 Å². The third kappa shape index (κ3) is 2.84. The fraction of sp³-hybridized carbons (Fsp3) is 0.222. The molecule has 0 amide bonds. The Morgan fingerprint density at radius 3 is 2.67 bits per heavy atom. The van der Waals surface area contributed by atoms with Crippen LogP contribution in [0.15, 0.2) is 60.8 Å². The molecule has 108 valence electrons. The van der Waals surface area contributed by atoms with Crippen molar-refractivity contribution < 1.29 is 5.11 Å². The van der Waals surface area contributed by atoms with Crippen LogP contribution < -0.4 is 5.32 Å². The molecule has 3 aromatic rings. The lowest BCUT2D eigenvalue weighted by molar-refractivity contribution is 0.173. The molecule has 2 aromatic carbocycles. The molecule has 1 aromatic heterocycles. The van der Waals surface area contributed by atoms with Crippen LogP contribution in [0.3, 0.4) is 0 Å². The summed E-state index contributed by atoms with van der Waals surface area (Å²) in [5, 5.41) is 14.5. The number of H-pyrrole nitrogens is 1. The standard InChI is InChI=1S/C18H20N2O/c1-18(13-21,16-5-3-2-4-6-16)20-12-14-7-8-15-9-10-19-17(15)11-14/h2-11,19-21H,12-13H2,1H3. The number of rotatable bonds is 5. The Labute approximate surface area is 124 Å². The van der Waals surface area contributed by atoms with Crippen LogP contribution in [0, 0.1) is 0 Å². The van der Waals surface area contributed by atoms with E-state index in [1.54, 1.807) is 0 Å². The molecule has 3 nitrogen and oxygen atoms in total. The van der Waals surface area contributed by atoms with Gasteiger partial charge in [-0.3, -0.25) is 0 Å².